The Bertz CT molecular complexity index is 1160. The highest BCUT2D eigenvalue weighted by molar-refractivity contribution is 7.15. The number of aryl methyl sites for hydroxylation is 2. The Labute approximate surface area is 177 Å². The summed E-state index contributed by atoms with van der Waals surface area (Å²) in [6, 6.07) is 9.64. The number of nitrogens with one attached hydrogen (secondary N) is 1. The molecule has 5 rings (SSSR count). The minimum atomic E-state index is 0.0355. The number of rotatable bonds is 5. The zero-order valence-corrected chi connectivity index (χ0v) is 17.4. The number of hydrogen-bond acceptors (Lipinski definition) is 10. The molecule has 30 heavy (non-hydrogen) atoms. The molecule has 1 atom stereocenters. The van der Waals surface area contributed by atoms with Gasteiger partial charge in [-0.05, 0) is 38.8 Å². The van der Waals surface area contributed by atoms with Crippen molar-refractivity contribution in [3.63, 3.8) is 0 Å². The monoisotopic (exact) mass is 420 g/mol. The zero-order chi connectivity index (χ0) is 20.5. The van der Waals surface area contributed by atoms with Gasteiger partial charge in [0, 0.05) is 30.6 Å². The van der Waals surface area contributed by atoms with Crippen LogP contribution in [0.25, 0.3) is 11.4 Å². The molecule has 5 heterocycles. The minimum Gasteiger partial charge on any atom is -0.358 e. The van der Waals surface area contributed by atoms with Crippen LogP contribution in [-0.4, -0.2) is 36.9 Å². The van der Waals surface area contributed by atoms with Gasteiger partial charge in [-0.2, -0.15) is 4.98 Å². The molecule has 0 aliphatic carbocycles. The van der Waals surface area contributed by atoms with Gasteiger partial charge < -0.3 is 14.7 Å². The van der Waals surface area contributed by atoms with Gasteiger partial charge in [-0.25, -0.2) is 4.98 Å². The molecular formula is C20H20N8OS. The average molecular weight is 421 g/mol. The maximum Gasteiger partial charge on any atom is 0.228 e. The molecule has 0 aromatic carbocycles. The van der Waals surface area contributed by atoms with E-state index < -0.39 is 0 Å². The van der Waals surface area contributed by atoms with E-state index >= 15 is 0 Å². The quantitative estimate of drug-likeness (QED) is 0.511. The summed E-state index contributed by atoms with van der Waals surface area (Å²) < 4.78 is 5.69. The van der Waals surface area contributed by atoms with Crippen LogP contribution >= 0.6 is 11.3 Å². The summed E-state index contributed by atoms with van der Waals surface area (Å²) in [6.45, 7) is 4.73. The van der Waals surface area contributed by atoms with Crippen molar-refractivity contribution in [3.05, 3.63) is 53.0 Å². The van der Waals surface area contributed by atoms with E-state index in [0.29, 0.717) is 16.9 Å². The number of pyridine rings is 1. The van der Waals surface area contributed by atoms with Crippen LogP contribution in [0.5, 0.6) is 0 Å². The van der Waals surface area contributed by atoms with Crippen LogP contribution in [0.2, 0.25) is 0 Å². The Balaban J connectivity index is 1.42. The first-order valence-electron chi connectivity index (χ1n) is 9.73. The Morgan fingerprint density at radius 3 is 2.87 bits per heavy atom. The molecule has 0 saturated carbocycles. The van der Waals surface area contributed by atoms with Gasteiger partial charge in [-0.1, -0.05) is 22.6 Å². The lowest BCUT2D eigenvalue weighted by atomic mass is 10.1. The highest BCUT2D eigenvalue weighted by Crippen LogP contribution is 2.36. The van der Waals surface area contributed by atoms with Gasteiger partial charge in [-0.15, -0.1) is 10.2 Å². The lowest BCUT2D eigenvalue weighted by Crippen LogP contribution is -2.25. The molecule has 0 spiro atoms. The molecule has 1 unspecified atom stereocenters. The highest BCUT2D eigenvalue weighted by Gasteiger charge is 2.32. The van der Waals surface area contributed by atoms with Crippen molar-refractivity contribution in [1.82, 2.24) is 30.3 Å². The van der Waals surface area contributed by atoms with Crippen molar-refractivity contribution in [1.29, 1.82) is 0 Å². The number of aromatic nitrogens is 6. The molecule has 4 aromatic heterocycles. The van der Waals surface area contributed by atoms with E-state index in [1.807, 2.05) is 44.2 Å². The van der Waals surface area contributed by atoms with Crippen LogP contribution in [0.15, 0.2) is 41.1 Å². The van der Waals surface area contributed by atoms with Crippen LogP contribution in [0, 0.1) is 13.8 Å². The molecule has 1 aliphatic heterocycles. The van der Waals surface area contributed by atoms with Crippen LogP contribution in [0.3, 0.4) is 0 Å². The molecule has 1 saturated heterocycles. The summed E-state index contributed by atoms with van der Waals surface area (Å²) in [6.07, 6.45) is 3.73. The van der Waals surface area contributed by atoms with Crippen LogP contribution in [0.4, 0.5) is 16.9 Å². The van der Waals surface area contributed by atoms with Crippen LogP contribution < -0.4 is 10.2 Å². The third-order valence-corrected chi connectivity index (χ3v) is 5.65. The molecular weight excluding hydrogens is 400 g/mol. The maximum absolute atomic E-state index is 5.69. The molecule has 1 aliphatic rings. The summed E-state index contributed by atoms with van der Waals surface area (Å²) in [5.74, 6) is 2.16. The van der Waals surface area contributed by atoms with Crippen LogP contribution in [-0.2, 0) is 0 Å². The highest BCUT2D eigenvalue weighted by atomic mass is 32.1. The fourth-order valence-electron chi connectivity index (χ4n) is 3.59. The second-order valence-corrected chi connectivity index (χ2v) is 8.31. The first-order chi connectivity index (χ1) is 14.7. The second kappa shape index (κ2) is 7.79. The van der Waals surface area contributed by atoms with Crippen molar-refractivity contribution in [2.75, 3.05) is 16.8 Å². The van der Waals surface area contributed by atoms with E-state index in [2.05, 4.69) is 35.5 Å². The van der Waals surface area contributed by atoms with Gasteiger partial charge in [0.05, 0.1) is 11.7 Å². The van der Waals surface area contributed by atoms with Gasteiger partial charge in [0.15, 0.2) is 5.76 Å². The number of nitrogens with zero attached hydrogens (tertiary/aromatic N) is 7. The summed E-state index contributed by atoms with van der Waals surface area (Å²) in [7, 11) is 0. The second-order valence-electron chi connectivity index (χ2n) is 7.13. The van der Waals surface area contributed by atoms with Crippen molar-refractivity contribution in [3.8, 4) is 11.4 Å². The zero-order valence-electron chi connectivity index (χ0n) is 16.6. The first-order valence-corrected chi connectivity index (χ1v) is 10.5. The average Bonchev–Trinajstić information content (AvgIpc) is 3.48. The van der Waals surface area contributed by atoms with Crippen molar-refractivity contribution in [2.45, 2.75) is 32.7 Å². The third-order valence-electron chi connectivity index (χ3n) is 4.90. The number of hydrogen-bond donors (Lipinski definition) is 1. The standard InChI is InChI=1S/C20H20N8OS/c1-12-10-18(24-20-26-25-13(2)30-20)23-19(22-12)28-9-5-7-16(28)17-11-15(27-29-17)14-6-3-4-8-21-14/h3-4,6,8,10-11,16H,5,7,9H2,1-2H3,(H,22,23,24,26). The largest absolute Gasteiger partial charge is 0.358 e. The Hall–Kier alpha value is -3.40. The van der Waals surface area contributed by atoms with E-state index in [-0.39, 0.29) is 6.04 Å². The fraction of sp³-hybridized carbons (Fsp3) is 0.300. The first kappa shape index (κ1) is 18.6. The van der Waals surface area contributed by atoms with Crippen LogP contribution in [0.1, 0.15) is 35.3 Å². The lowest BCUT2D eigenvalue weighted by molar-refractivity contribution is 0.362. The molecule has 1 fully saturated rings. The molecule has 0 radical (unpaired) electrons. The van der Waals surface area contributed by atoms with Gasteiger partial charge >= 0.3 is 0 Å². The molecule has 0 bridgehead atoms. The summed E-state index contributed by atoms with van der Waals surface area (Å²) in [4.78, 5) is 15.9. The fourth-order valence-corrected chi connectivity index (χ4v) is 4.18. The van der Waals surface area contributed by atoms with Gasteiger partial charge in [-0.3, -0.25) is 4.98 Å². The van der Waals surface area contributed by atoms with E-state index in [1.54, 1.807) is 6.20 Å². The molecule has 0 amide bonds. The maximum atomic E-state index is 5.69. The topological polar surface area (TPSA) is 106 Å². The third kappa shape index (κ3) is 3.73. The lowest BCUT2D eigenvalue weighted by Gasteiger charge is -2.23. The van der Waals surface area contributed by atoms with Crippen molar-refractivity contribution >= 4 is 28.2 Å². The molecule has 4 aromatic rings. The number of anilines is 3. The molecule has 152 valence electrons. The van der Waals surface area contributed by atoms with Gasteiger partial charge in [0.2, 0.25) is 11.1 Å². The Kier molecular flexibility index (Phi) is 4.83. The summed E-state index contributed by atoms with van der Waals surface area (Å²) in [5, 5.41) is 17.2. The minimum absolute atomic E-state index is 0.0355. The Morgan fingerprint density at radius 1 is 1.13 bits per heavy atom. The molecule has 9 nitrogen and oxygen atoms in total. The van der Waals surface area contributed by atoms with E-state index in [9.17, 15) is 0 Å². The van der Waals surface area contributed by atoms with Gasteiger partial charge in [0.25, 0.3) is 0 Å². The predicted molar refractivity (Wildman–Crippen MR) is 114 cm³/mol. The van der Waals surface area contributed by atoms with Crippen molar-refractivity contribution in [2.24, 2.45) is 0 Å². The summed E-state index contributed by atoms with van der Waals surface area (Å²) >= 11 is 1.49. The Morgan fingerprint density at radius 2 is 2.07 bits per heavy atom. The predicted octanol–water partition coefficient (Wildman–Crippen LogP) is 4.08. The molecule has 10 heteroatoms. The van der Waals surface area contributed by atoms with E-state index in [0.717, 1.165) is 47.2 Å². The van der Waals surface area contributed by atoms with Gasteiger partial charge in [0.1, 0.15) is 16.5 Å². The SMILES string of the molecule is Cc1cc(Nc2nnc(C)s2)nc(N2CCCC2c2cc(-c3ccccn3)no2)n1. The van der Waals surface area contributed by atoms with E-state index in [4.69, 9.17) is 9.51 Å². The normalized spacial score (nSPS) is 16.2. The summed E-state index contributed by atoms with van der Waals surface area (Å²) in [5.41, 5.74) is 2.40. The smallest absolute Gasteiger partial charge is 0.228 e. The van der Waals surface area contributed by atoms with E-state index in [1.165, 1.54) is 11.3 Å². The van der Waals surface area contributed by atoms with Crippen molar-refractivity contribution < 1.29 is 4.52 Å². The molecule has 1 N–H and O–H groups in total.